The third kappa shape index (κ3) is 3.46. The number of thioether (sulfide) groups is 1. The third-order valence-corrected chi connectivity index (χ3v) is 4.10. The minimum atomic E-state index is -0.0314. The lowest BCUT2D eigenvalue weighted by molar-refractivity contribution is 0.279. The van der Waals surface area contributed by atoms with Gasteiger partial charge in [0.05, 0.1) is 25.7 Å². The maximum absolute atomic E-state index is 9.26. The number of rotatable bonds is 6. The molecule has 0 atom stereocenters. The topological polar surface area (TPSA) is 38.7 Å². The number of hydrogen-bond acceptors (Lipinski definition) is 4. The van der Waals surface area contributed by atoms with Crippen molar-refractivity contribution in [3.63, 3.8) is 0 Å². The number of ether oxygens (including phenoxy) is 2. The summed E-state index contributed by atoms with van der Waals surface area (Å²) < 4.78 is 10.8. The molecule has 0 radical (unpaired) electrons. The molecule has 0 aromatic heterocycles. The highest BCUT2D eigenvalue weighted by Gasteiger charge is 2.13. The predicted octanol–water partition coefficient (Wildman–Crippen LogP) is 3.49. The molecule has 0 unspecified atom stereocenters. The van der Waals surface area contributed by atoms with Gasteiger partial charge in [-0.3, -0.25) is 0 Å². The Morgan fingerprint density at radius 3 is 2.05 bits per heavy atom. The fourth-order valence-electron chi connectivity index (χ4n) is 1.90. The highest BCUT2D eigenvalue weighted by molar-refractivity contribution is 7.98. The first-order valence-corrected chi connectivity index (χ1v) is 7.29. The molecule has 1 N–H and O–H groups in total. The van der Waals surface area contributed by atoms with Gasteiger partial charge in [-0.2, -0.15) is 0 Å². The summed E-state index contributed by atoms with van der Waals surface area (Å²) in [5.41, 5.74) is 2.02. The molecule has 0 amide bonds. The van der Waals surface area contributed by atoms with Crippen LogP contribution in [0.5, 0.6) is 11.5 Å². The van der Waals surface area contributed by atoms with Crippen LogP contribution in [-0.2, 0) is 12.4 Å². The van der Waals surface area contributed by atoms with Gasteiger partial charge in [0.15, 0.2) is 0 Å². The molecule has 0 heterocycles. The fourth-order valence-corrected chi connectivity index (χ4v) is 2.97. The van der Waals surface area contributed by atoms with Crippen molar-refractivity contribution < 1.29 is 14.6 Å². The van der Waals surface area contributed by atoms with Gasteiger partial charge in [-0.15, -0.1) is 11.8 Å². The number of aliphatic hydroxyl groups excluding tert-OH is 1. The van der Waals surface area contributed by atoms with Gasteiger partial charge < -0.3 is 14.6 Å². The largest absolute Gasteiger partial charge is 0.495 e. The highest BCUT2D eigenvalue weighted by atomic mass is 32.2. The van der Waals surface area contributed by atoms with E-state index < -0.39 is 0 Å². The van der Waals surface area contributed by atoms with Crippen molar-refractivity contribution in [1.29, 1.82) is 0 Å². The van der Waals surface area contributed by atoms with Crippen molar-refractivity contribution >= 4 is 11.8 Å². The number of methoxy groups -OCH3 is 2. The van der Waals surface area contributed by atoms with E-state index in [0.29, 0.717) is 0 Å². The average Bonchev–Trinajstić information content (AvgIpc) is 2.52. The maximum Gasteiger partial charge on any atom is 0.136 e. The first-order valence-electron chi connectivity index (χ1n) is 6.31. The minimum Gasteiger partial charge on any atom is -0.495 e. The Balaban J connectivity index is 2.25. The Hall–Kier alpha value is -1.65. The van der Waals surface area contributed by atoms with Crippen molar-refractivity contribution in [3.8, 4) is 11.5 Å². The Bertz CT molecular complexity index is 530. The van der Waals surface area contributed by atoms with E-state index in [4.69, 9.17) is 9.47 Å². The summed E-state index contributed by atoms with van der Waals surface area (Å²) >= 11 is 1.66. The molecule has 3 nitrogen and oxygen atoms in total. The Morgan fingerprint density at radius 2 is 1.55 bits per heavy atom. The van der Waals surface area contributed by atoms with Gasteiger partial charge >= 0.3 is 0 Å². The predicted molar refractivity (Wildman–Crippen MR) is 81.5 cm³/mol. The fraction of sp³-hybridized carbons (Fsp3) is 0.250. The summed E-state index contributed by atoms with van der Waals surface area (Å²) in [7, 11) is 3.25. The lowest BCUT2D eigenvalue weighted by Gasteiger charge is -2.14. The van der Waals surface area contributed by atoms with Gasteiger partial charge in [-0.1, -0.05) is 30.3 Å². The average molecular weight is 290 g/mol. The summed E-state index contributed by atoms with van der Waals surface area (Å²) in [5.74, 6) is 2.30. The molecule has 0 saturated heterocycles. The molecular weight excluding hydrogens is 272 g/mol. The molecule has 0 aliphatic carbocycles. The van der Waals surface area contributed by atoms with Crippen LogP contribution in [0.25, 0.3) is 0 Å². The van der Waals surface area contributed by atoms with Crippen LogP contribution in [-0.4, -0.2) is 19.3 Å². The van der Waals surface area contributed by atoms with E-state index >= 15 is 0 Å². The normalized spacial score (nSPS) is 10.3. The quantitative estimate of drug-likeness (QED) is 0.827. The van der Waals surface area contributed by atoms with E-state index in [1.165, 1.54) is 5.56 Å². The molecule has 0 bridgehead atoms. The van der Waals surface area contributed by atoms with Crippen LogP contribution in [0.3, 0.4) is 0 Å². The Kier molecular flexibility index (Phi) is 5.32. The molecule has 20 heavy (non-hydrogen) atoms. The number of aliphatic hydroxyl groups is 1. The van der Waals surface area contributed by atoms with Gasteiger partial charge in [0.2, 0.25) is 0 Å². The second-order valence-electron chi connectivity index (χ2n) is 4.26. The van der Waals surface area contributed by atoms with E-state index in [0.717, 1.165) is 27.7 Å². The molecule has 4 heteroatoms. The number of hydrogen-bond donors (Lipinski definition) is 1. The van der Waals surface area contributed by atoms with E-state index in [2.05, 4.69) is 12.1 Å². The number of benzene rings is 2. The van der Waals surface area contributed by atoms with Crippen molar-refractivity contribution in [3.05, 3.63) is 53.6 Å². The molecule has 0 aliphatic rings. The lowest BCUT2D eigenvalue weighted by atomic mass is 10.2. The van der Waals surface area contributed by atoms with Gasteiger partial charge in [-0.25, -0.2) is 0 Å². The van der Waals surface area contributed by atoms with Crippen LogP contribution < -0.4 is 9.47 Å². The van der Waals surface area contributed by atoms with E-state index in [1.54, 1.807) is 26.0 Å². The molecule has 0 fully saturated rings. The van der Waals surface area contributed by atoms with Gasteiger partial charge in [-0.05, 0) is 23.3 Å². The first kappa shape index (κ1) is 14.8. The van der Waals surface area contributed by atoms with Crippen LogP contribution in [0, 0.1) is 0 Å². The first-order chi connectivity index (χ1) is 9.78. The minimum absolute atomic E-state index is 0.0314. The summed E-state index contributed by atoms with van der Waals surface area (Å²) in [6.45, 7) is -0.0314. The van der Waals surface area contributed by atoms with Crippen LogP contribution >= 0.6 is 11.8 Å². The van der Waals surface area contributed by atoms with Crippen LogP contribution in [0.2, 0.25) is 0 Å². The summed E-state index contributed by atoms with van der Waals surface area (Å²) in [5, 5.41) is 9.26. The zero-order valence-electron chi connectivity index (χ0n) is 11.6. The summed E-state index contributed by atoms with van der Waals surface area (Å²) in [6.07, 6.45) is 0. The Labute approximate surface area is 123 Å². The standard InChI is InChI=1S/C16H18O3S/c1-18-14-8-13(10-17)9-15(19-2)16(14)20-11-12-6-4-3-5-7-12/h3-9,17H,10-11H2,1-2H3. The van der Waals surface area contributed by atoms with Crippen LogP contribution in [0.15, 0.2) is 47.4 Å². The maximum atomic E-state index is 9.26. The summed E-state index contributed by atoms with van der Waals surface area (Å²) in [6, 6.07) is 13.9. The molecular formula is C16H18O3S. The second-order valence-corrected chi connectivity index (χ2v) is 5.25. The molecule has 2 aromatic rings. The van der Waals surface area contributed by atoms with E-state index in [1.807, 2.05) is 30.3 Å². The molecule has 106 valence electrons. The van der Waals surface area contributed by atoms with Crippen LogP contribution in [0.1, 0.15) is 11.1 Å². The second kappa shape index (κ2) is 7.22. The summed E-state index contributed by atoms with van der Waals surface area (Å²) in [4.78, 5) is 0.955. The van der Waals surface area contributed by atoms with Crippen molar-refractivity contribution in [1.82, 2.24) is 0 Å². The van der Waals surface area contributed by atoms with Gasteiger partial charge in [0.25, 0.3) is 0 Å². The van der Waals surface area contributed by atoms with Crippen molar-refractivity contribution in [2.45, 2.75) is 17.3 Å². The molecule has 2 aromatic carbocycles. The van der Waals surface area contributed by atoms with Crippen LogP contribution in [0.4, 0.5) is 0 Å². The van der Waals surface area contributed by atoms with Gasteiger partial charge in [0.1, 0.15) is 11.5 Å². The van der Waals surface area contributed by atoms with Gasteiger partial charge in [0, 0.05) is 5.75 Å². The van der Waals surface area contributed by atoms with Crippen molar-refractivity contribution in [2.24, 2.45) is 0 Å². The molecule has 0 aliphatic heterocycles. The van der Waals surface area contributed by atoms with E-state index in [-0.39, 0.29) is 6.61 Å². The molecule has 0 saturated carbocycles. The molecule has 2 rings (SSSR count). The SMILES string of the molecule is COc1cc(CO)cc(OC)c1SCc1ccccc1. The smallest absolute Gasteiger partial charge is 0.136 e. The lowest BCUT2D eigenvalue weighted by Crippen LogP contribution is -1.95. The third-order valence-electron chi connectivity index (χ3n) is 2.93. The zero-order chi connectivity index (χ0) is 14.4. The highest BCUT2D eigenvalue weighted by Crippen LogP contribution is 2.40. The monoisotopic (exact) mass is 290 g/mol. The Morgan fingerprint density at radius 1 is 0.950 bits per heavy atom. The van der Waals surface area contributed by atoms with E-state index in [9.17, 15) is 5.11 Å². The zero-order valence-corrected chi connectivity index (χ0v) is 12.4. The molecule has 0 spiro atoms. The van der Waals surface area contributed by atoms with Crippen molar-refractivity contribution in [2.75, 3.05) is 14.2 Å².